The van der Waals surface area contributed by atoms with E-state index in [9.17, 15) is 4.79 Å². The molecule has 0 saturated carbocycles. The Morgan fingerprint density at radius 2 is 1.81 bits per heavy atom. The van der Waals surface area contributed by atoms with Crippen LogP contribution in [-0.4, -0.2) is 17.9 Å². The van der Waals surface area contributed by atoms with Crippen molar-refractivity contribution in [2.24, 2.45) is 0 Å². The molecule has 5 nitrogen and oxygen atoms in total. The van der Waals surface area contributed by atoms with Gasteiger partial charge in [-0.15, -0.1) is 0 Å². The highest BCUT2D eigenvalue weighted by Gasteiger charge is 2.09. The third-order valence-electron chi connectivity index (χ3n) is 4.13. The first-order chi connectivity index (χ1) is 12.7. The predicted molar refractivity (Wildman–Crippen MR) is 103 cm³/mol. The van der Waals surface area contributed by atoms with E-state index < -0.39 is 0 Å². The van der Waals surface area contributed by atoms with Crippen LogP contribution < -0.4 is 10.6 Å². The first-order valence-electron chi connectivity index (χ1n) is 8.27. The van der Waals surface area contributed by atoms with E-state index in [4.69, 9.17) is 4.42 Å². The Hall–Kier alpha value is -3.60. The molecule has 5 heteroatoms. The van der Waals surface area contributed by atoms with Gasteiger partial charge in [0.15, 0.2) is 0 Å². The Labute approximate surface area is 150 Å². The van der Waals surface area contributed by atoms with E-state index in [0.717, 1.165) is 28.1 Å². The normalized spacial score (nSPS) is 10.7. The quantitative estimate of drug-likeness (QED) is 0.559. The van der Waals surface area contributed by atoms with Gasteiger partial charge in [0.05, 0.1) is 0 Å². The number of carbonyl (C=O) groups excluding carboxylic acids is 1. The number of rotatable bonds is 4. The molecule has 2 N–H and O–H groups in total. The van der Waals surface area contributed by atoms with E-state index in [1.165, 1.54) is 0 Å². The minimum absolute atomic E-state index is 0.150. The number of benzene rings is 2. The van der Waals surface area contributed by atoms with Crippen molar-refractivity contribution in [1.29, 1.82) is 0 Å². The van der Waals surface area contributed by atoms with Crippen molar-refractivity contribution in [2.75, 3.05) is 17.7 Å². The summed E-state index contributed by atoms with van der Waals surface area (Å²) in [4.78, 5) is 16.6. The molecule has 0 bridgehead atoms. The molecule has 0 saturated heterocycles. The van der Waals surface area contributed by atoms with Gasteiger partial charge in [0.1, 0.15) is 5.76 Å². The van der Waals surface area contributed by atoms with Gasteiger partial charge in [-0.1, -0.05) is 6.07 Å². The van der Waals surface area contributed by atoms with Crippen LogP contribution in [0.15, 0.2) is 77.3 Å². The van der Waals surface area contributed by atoms with Crippen LogP contribution in [0.2, 0.25) is 0 Å². The Bertz CT molecular complexity index is 1040. The SMILES string of the molecule is CNc1cccc(C(=O)Nc2ccc(-c3cc4cccnc4o3)cc2)c1. The van der Waals surface area contributed by atoms with E-state index in [1.807, 2.05) is 67.7 Å². The van der Waals surface area contributed by atoms with Crippen LogP contribution in [-0.2, 0) is 0 Å². The minimum Gasteiger partial charge on any atom is -0.438 e. The van der Waals surface area contributed by atoms with Crippen LogP contribution in [0.5, 0.6) is 0 Å². The largest absolute Gasteiger partial charge is 0.438 e. The maximum absolute atomic E-state index is 12.4. The van der Waals surface area contributed by atoms with Crippen LogP contribution in [0.1, 0.15) is 10.4 Å². The number of furan rings is 1. The zero-order chi connectivity index (χ0) is 17.9. The summed E-state index contributed by atoms with van der Waals surface area (Å²) in [6.45, 7) is 0. The predicted octanol–water partition coefficient (Wildman–Crippen LogP) is 4.79. The Morgan fingerprint density at radius 3 is 2.58 bits per heavy atom. The highest BCUT2D eigenvalue weighted by Crippen LogP contribution is 2.27. The molecule has 0 aliphatic carbocycles. The van der Waals surface area contributed by atoms with E-state index in [0.29, 0.717) is 11.3 Å². The second-order valence-corrected chi connectivity index (χ2v) is 5.87. The zero-order valence-electron chi connectivity index (χ0n) is 14.2. The van der Waals surface area contributed by atoms with Gasteiger partial charge in [0, 0.05) is 41.1 Å². The van der Waals surface area contributed by atoms with E-state index in [-0.39, 0.29) is 5.91 Å². The number of anilines is 2. The molecule has 0 spiro atoms. The number of carbonyl (C=O) groups is 1. The zero-order valence-corrected chi connectivity index (χ0v) is 14.2. The fraction of sp³-hybridized carbons (Fsp3) is 0.0476. The topological polar surface area (TPSA) is 67.2 Å². The second-order valence-electron chi connectivity index (χ2n) is 5.87. The van der Waals surface area contributed by atoms with Gasteiger partial charge in [-0.3, -0.25) is 4.79 Å². The lowest BCUT2D eigenvalue weighted by Gasteiger charge is -2.07. The third-order valence-corrected chi connectivity index (χ3v) is 4.13. The van der Waals surface area contributed by atoms with Crippen molar-refractivity contribution in [2.45, 2.75) is 0 Å². The Balaban J connectivity index is 1.53. The molecule has 0 radical (unpaired) electrons. The summed E-state index contributed by atoms with van der Waals surface area (Å²) >= 11 is 0. The number of hydrogen-bond donors (Lipinski definition) is 2. The molecule has 128 valence electrons. The summed E-state index contributed by atoms with van der Waals surface area (Å²) in [5.74, 6) is 0.598. The molecule has 4 rings (SSSR count). The van der Waals surface area contributed by atoms with Crippen molar-refractivity contribution >= 4 is 28.4 Å². The molecule has 4 aromatic rings. The van der Waals surface area contributed by atoms with Crippen molar-refractivity contribution in [1.82, 2.24) is 4.98 Å². The lowest BCUT2D eigenvalue weighted by atomic mass is 10.1. The molecular formula is C21H17N3O2. The van der Waals surface area contributed by atoms with Gasteiger partial charge in [-0.2, -0.15) is 0 Å². The molecule has 2 aromatic carbocycles. The van der Waals surface area contributed by atoms with Crippen molar-refractivity contribution in [3.05, 3.63) is 78.5 Å². The Morgan fingerprint density at radius 1 is 0.962 bits per heavy atom. The average Bonchev–Trinajstić information content (AvgIpc) is 3.13. The summed E-state index contributed by atoms with van der Waals surface area (Å²) in [6.07, 6.45) is 1.71. The van der Waals surface area contributed by atoms with Crippen molar-refractivity contribution in [3.8, 4) is 11.3 Å². The molecule has 0 atom stereocenters. The molecule has 0 fully saturated rings. The fourth-order valence-corrected chi connectivity index (χ4v) is 2.75. The van der Waals surface area contributed by atoms with Gasteiger partial charge in [-0.25, -0.2) is 4.98 Å². The number of aromatic nitrogens is 1. The average molecular weight is 343 g/mol. The monoisotopic (exact) mass is 343 g/mol. The minimum atomic E-state index is -0.150. The maximum Gasteiger partial charge on any atom is 0.255 e. The van der Waals surface area contributed by atoms with Crippen LogP contribution in [0.25, 0.3) is 22.4 Å². The van der Waals surface area contributed by atoms with Gasteiger partial charge in [0.25, 0.3) is 5.91 Å². The van der Waals surface area contributed by atoms with Gasteiger partial charge in [0.2, 0.25) is 5.71 Å². The summed E-state index contributed by atoms with van der Waals surface area (Å²) in [5, 5.41) is 6.89. The van der Waals surface area contributed by atoms with Gasteiger partial charge < -0.3 is 15.1 Å². The molecule has 0 aliphatic heterocycles. The van der Waals surface area contributed by atoms with E-state index in [1.54, 1.807) is 12.3 Å². The number of nitrogens with one attached hydrogen (secondary N) is 2. The van der Waals surface area contributed by atoms with Gasteiger partial charge >= 0.3 is 0 Å². The molecular weight excluding hydrogens is 326 g/mol. The summed E-state index contributed by atoms with van der Waals surface area (Å²) in [5.41, 5.74) is 3.76. The lowest BCUT2D eigenvalue weighted by Crippen LogP contribution is -2.11. The number of nitrogens with zero attached hydrogens (tertiary/aromatic N) is 1. The van der Waals surface area contributed by atoms with Crippen LogP contribution in [0.3, 0.4) is 0 Å². The number of pyridine rings is 1. The second kappa shape index (κ2) is 6.72. The smallest absolute Gasteiger partial charge is 0.255 e. The highest BCUT2D eigenvalue weighted by molar-refractivity contribution is 6.04. The number of hydrogen-bond acceptors (Lipinski definition) is 4. The first-order valence-corrected chi connectivity index (χ1v) is 8.27. The van der Waals surface area contributed by atoms with E-state index in [2.05, 4.69) is 15.6 Å². The first kappa shape index (κ1) is 15.9. The number of fused-ring (bicyclic) bond motifs is 1. The molecule has 1 amide bonds. The third kappa shape index (κ3) is 3.15. The van der Waals surface area contributed by atoms with Gasteiger partial charge in [-0.05, 0) is 60.7 Å². The number of amides is 1. The van der Waals surface area contributed by atoms with Crippen LogP contribution >= 0.6 is 0 Å². The molecule has 0 aliphatic rings. The Kier molecular flexibility index (Phi) is 4.11. The van der Waals surface area contributed by atoms with Crippen LogP contribution in [0, 0.1) is 0 Å². The van der Waals surface area contributed by atoms with Crippen LogP contribution in [0.4, 0.5) is 11.4 Å². The molecule has 0 unspecified atom stereocenters. The molecule has 2 heterocycles. The maximum atomic E-state index is 12.4. The fourth-order valence-electron chi connectivity index (χ4n) is 2.75. The lowest BCUT2D eigenvalue weighted by molar-refractivity contribution is 0.102. The summed E-state index contributed by atoms with van der Waals surface area (Å²) in [7, 11) is 1.82. The summed E-state index contributed by atoms with van der Waals surface area (Å²) in [6, 6.07) is 20.7. The highest BCUT2D eigenvalue weighted by atomic mass is 16.3. The van der Waals surface area contributed by atoms with E-state index >= 15 is 0 Å². The van der Waals surface area contributed by atoms with Crippen molar-refractivity contribution in [3.63, 3.8) is 0 Å². The standard InChI is InChI=1S/C21H17N3O2/c1-22-18-6-2-4-15(12-18)20(25)24-17-9-7-14(8-10-17)19-13-16-5-3-11-23-21(16)26-19/h2-13,22H,1H3,(H,24,25). The molecule has 2 aromatic heterocycles. The molecule has 26 heavy (non-hydrogen) atoms. The summed E-state index contributed by atoms with van der Waals surface area (Å²) < 4.78 is 5.76. The van der Waals surface area contributed by atoms with Crippen molar-refractivity contribution < 1.29 is 9.21 Å².